The first-order valence-electron chi connectivity index (χ1n) is 5.84. The lowest BCUT2D eigenvalue weighted by Gasteiger charge is -2.03. The molecule has 0 saturated heterocycles. The van der Waals surface area contributed by atoms with E-state index in [1.54, 1.807) is 36.4 Å². The van der Waals surface area contributed by atoms with Crippen LogP contribution in [0.25, 0.3) is 6.08 Å². The van der Waals surface area contributed by atoms with Crippen molar-refractivity contribution in [1.29, 1.82) is 0 Å². The van der Waals surface area contributed by atoms with Gasteiger partial charge in [-0.3, -0.25) is 4.79 Å². The summed E-state index contributed by atoms with van der Waals surface area (Å²) in [7, 11) is 0. The standard InChI is InChI=1S/C15H12Cl2N2O/c16-13-6-5-12(9-14(13)17)19-15(20)7-4-10-2-1-3-11(18)8-10/h1-9H,18H2,(H,19,20)/b7-4+. The second kappa shape index (κ2) is 6.46. The molecule has 2 aromatic carbocycles. The molecule has 0 atom stereocenters. The summed E-state index contributed by atoms with van der Waals surface area (Å²) in [5, 5.41) is 3.53. The number of hydrogen-bond acceptors (Lipinski definition) is 2. The highest BCUT2D eigenvalue weighted by Gasteiger charge is 2.01. The van der Waals surface area contributed by atoms with E-state index < -0.39 is 0 Å². The largest absolute Gasteiger partial charge is 0.399 e. The number of benzene rings is 2. The van der Waals surface area contributed by atoms with Crippen molar-refractivity contribution in [2.24, 2.45) is 0 Å². The van der Waals surface area contributed by atoms with Crippen LogP contribution < -0.4 is 11.1 Å². The molecule has 3 nitrogen and oxygen atoms in total. The minimum absolute atomic E-state index is 0.259. The normalized spacial score (nSPS) is 10.7. The number of anilines is 2. The van der Waals surface area contributed by atoms with Gasteiger partial charge in [0.25, 0.3) is 0 Å². The third-order valence-corrected chi connectivity index (χ3v) is 3.26. The number of nitrogens with one attached hydrogen (secondary N) is 1. The smallest absolute Gasteiger partial charge is 0.248 e. The first kappa shape index (κ1) is 14.4. The van der Waals surface area contributed by atoms with Crippen LogP contribution in [0.1, 0.15) is 5.56 Å². The second-order valence-electron chi connectivity index (χ2n) is 4.12. The van der Waals surface area contributed by atoms with Crippen LogP contribution in [0.3, 0.4) is 0 Å². The minimum atomic E-state index is -0.259. The van der Waals surface area contributed by atoms with Gasteiger partial charge < -0.3 is 11.1 Å². The van der Waals surface area contributed by atoms with Crippen LogP contribution in [0, 0.1) is 0 Å². The Labute approximate surface area is 127 Å². The third kappa shape index (κ3) is 4.02. The first-order chi connectivity index (χ1) is 9.54. The van der Waals surface area contributed by atoms with Crippen molar-refractivity contribution in [1.82, 2.24) is 0 Å². The molecule has 0 unspecified atom stereocenters. The number of amides is 1. The Morgan fingerprint density at radius 2 is 1.90 bits per heavy atom. The molecule has 0 radical (unpaired) electrons. The molecule has 102 valence electrons. The fourth-order valence-corrected chi connectivity index (χ4v) is 1.89. The molecule has 2 aromatic rings. The quantitative estimate of drug-likeness (QED) is 0.658. The van der Waals surface area contributed by atoms with Gasteiger partial charge in [0.2, 0.25) is 5.91 Å². The van der Waals surface area contributed by atoms with Crippen molar-refractivity contribution in [3.8, 4) is 0 Å². The number of halogens is 2. The van der Waals surface area contributed by atoms with E-state index in [0.29, 0.717) is 21.4 Å². The van der Waals surface area contributed by atoms with Crippen LogP contribution in [0.2, 0.25) is 10.0 Å². The van der Waals surface area contributed by atoms with Crippen LogP contribution >= 0.6 is 23.2 Å². The summed E-state index contributed by atoms with van der Waals surface area (Å²) >= 11 is 11.7. The fourth-order valence-electron chi connectivity index (χ4n) is 1.59. The maximum atomic E-state index is 11.8. The lowest BCUT2D eigenvalue weighted by Crippen LogP contribution is -2.07. The van der Waals surface area contributed by atoms with Gasteiger partial charge in [0.1, 0.15) is 0 Å². The maximum absolute atomic E-state index is 11.8. The van der Waals surface area contributed by atoms with Crippen LogP contribution in [-0.4, -0.2) is 5.91 Å². The maximum Gasteiger partial charge on any atom is 0.248 e. The van der Waals surface area contributed by atoms with Crippen LogP contribution in [0.4, 0.5) is 11.4 Å². The highest BCUT2D eigenvalue weighted by atomic mass is 35.5. The Morgan fingerprint density at radius 1 is 1.10 bits per heavy atom. The predicted octanol–water partition coefficient (Wildman–Crippen LogP) is 4.23. The molecule has 3 N–H and O–H groups in total. The third-order valence-electron chi connectivity index (χ3n) is 2.52. The summed E-state index contributed by atoms with van der Waals surface area (Å²) in [6.07, 6.45) is 3.11. The Morgan fingerprint density at radius 3 is 2.60 bits per heavy atom. The van der Waals surface area contributed by atoms with Crippen molar-refractivity contribution in [2.75, 3.05) is 11.1 Å². The summed E-state index contributed by atoms with van der Waals surface area (Å²) in [4.78, 5) is 11.8. The highest BCUT2D eigenvalue weighted by molar-refractivity contribution is 6.42. The molecule has 0 bridgehead atoms. The van der Waals surface area contributed by atoms with E-state index in [1.807, 2.05) is 12.1 Å². The van der Waals surface area contributed by atoms with Gasteiger partial charge in [0, 0.05) is 17.5 Å². The van der Waals surface area contributed by atoms with Gasteiger partial charge in [-0.15, -0.1) is 0 Å². The van der Waals surface area contributed by atoms with Gasteiger partial charge in [-0.05, 0) is 42.0 Å². The van der Waals surface area contributed by atoms with E-state index >= 15 is 0 Å². The molecule has 1 amide bonds. The Balaban J connectivity index is 2.03. The first-order valence-corrected chi connectivity index (χ1v) is 6.60. The summed E-state index contributed by atoms with van der Waals surface area (Å²) in [5.74, 6) is -0.259. The zero-order valence-corrected chi connectivity index (χ0v) is 11.9. The fraction of sp³-hybridized carbons (Fsp3) is 0. The average molecular weight is 307 g/mol. The molecule has 0 saturated carbocycles. The second-order valence-corrected chi connectivity index (χ2v) is 4.94. The van der Waals surface area contributed by atoms with Crippen molar-refractivity contribution in [3.63, 3.8) is 0 Å². The Kier molecular flexibility index (Phi) is 4.66. The molecule has 0 aliphatic carbocycles. The van der Waals surface area contributed by atoms with Crippen molar-refractivity contribution in [2.45, 2.75) is 0 Å². The van der Waals surface area contributed by atoms with Crippen LogP contribution in [0.5, 0.6) is 0 Å². The number of nitrogen functional groups attached to an aromatic ring is 1. The monoisotopic (exact) mass is 306 g/mol. The van der Waals surface area contributed by atoms with Crippen molar-refractivity contribution >= 4 is 46.6 Å². The zero-order chi connectivity index (χ0) is 14.5. The molecule has 0 aliphatic rings. The molecular formula is C15H12Cl2N2O. The van der Waals surface area contributed by atoms with Crippen LogP contribution in [0.15, 0.2) is 48.5 Å². The molecule has 20 heavy (non-hydrogen) atoms. The van der Waals surface area contributed by atoms with Crippen LogP contribution in [-0.2, 0) is 4.79 Å². The van der Waals surface area contributed by atoms with Gasteiger partial charge in [-0.2, -0.15) is 0 Å². The summed E-state index contributed by atoms with van der Waals surface area (Å²) in [6.45, 7) is 0. The summed E-state index contributed by atoms with van der Waals surface area (Å²) in [6, 6.07) is 12.2. The average Bonchev–Trinajstić information content (AvgIpc) is 2.41. The lowest BCUT2D eigenvalue weighted by molar-refractivity contribution is -0.111. The Bertz CT molecular complexity index is 669. The molecular weight excluding hydrogens is 295 g/mol. The van der Waals surface area contributed by atoms with E-state index in [0.717, 1.165) is 5.56 Å². The molecule has 0 fully saturated rings. The Hall–Kier alpha value is -1.97. The molecule has 5 heteroatoms. The van der Waals surface area contributed by atoms with Gasteiger partial charge in [-0.1, -0.05) is 35.3 Å². The van der Waals surface area contributed by atoms with Crippen molar-refractivity contribution < 1.29 is 4.79 Å². The number of rotatable bonds is 3. The molecule has 0 spiro atoms. The number of carbonyl (C=O) groups is 1. The SMILES string of the molecule is Nc1cccc(/C=C/C(=O)Nc2ccc(Cl)c(Cl)c2)c1. The van der Waals surface area contributed by atoms with Gasteiger partial charge in [-0.25, -0.2) is 0 Å². The number of carbonyl (C=O) groups excluding carboxylic acids is 1. The van der Waals surface area contributed by atoms with E-state index in [-0.39, 0.29) is 5.91 Å². The lowest BCUT2D eigenvalue weighted by atomic mass is 10.2. The molecule has 0 aliphatic heterocycles. The van der Waals surface area contributed by atoms with Gasteiger partial charge in [0.15, 0.2) is 0 Å². The number of hydrogen-bond donors (Lipinski definition) is 2. The predicted molar refractivity (Wildman–Crippen MR) is 85.0 cm³/mol. The number of nitrogens with two attached hydrogens (primary N) is 1. The van der Waals surface area contributed by atoms with E-state index in [4.69, 9.17) is 28.9 Å². The highest BCUT2D eigenvalue weighted by Crippen LogP contribution is 2.24. The minimum Gasteiger partial charge on any atom is -0.399 e. The molecule has 2 rings (SSSR count). The van der Waals surface area contributed by atoms with Gasteiger partial charge in [0.05, 0.1) is 10.0 Å². The zero-order valence-electron chi connectivity index (χ0n) is 10.4. The topological polar surface area (TPSA) is 55.1 Å². The van der Waals surface area contributed by atoms with E-state index in [1.165, 1.54) is 6.08 Å². The van der Waals surface area contributed by atoms with Crippen molar-refractivity contribution in [3.05, 3.63) is 64.1 Å². The summed E-state index contributed by atoms with van der Waals surface area (Å²) < 4.78 is 0. The molecule has 0 aromatic heterocycles. The summed E-state index contributed by atoms with van der Waals surface area (Å²) in [5.41, 5.74) is 7.75. The van der Waals surface area contributed by atoms with Gasteiger partial charge >= 0.3 is 0 Å². The van der Waals surface area contributed by atoms with E-state index in [2.05, 4.69) is 5.32 Å². The van der Waals surface area contributed by atoms with E-state index in [9.17, 15) is 4.79 Å². The molecule has 0 heterocycles.